The van der Waals surface area contributed by atoms with Crippen LogP contribution in [0.1, 0.15) is 35.8 Å². The molecule has 0 atom stereocenters. The van der Waals surface area contributed by atoms with Crippen molar-refractivity contribution in [1.29, 1.82) is 0 Å². The van der Waals surface area contributed by atoms with Gasteiger partial charge in [-0.15, -0.1) is 0 Å². The van der Waals surface area contributed by atoms with Gasteiger partial charge >= 0.3 is 0 Å². The summed E-state index contributed by atoms with van der Waals surface area (Å²) < 4.78 is 1.69. The smallest absolute Gasteiger partial charge is 0.159 e. The van der Waals surface area contributed by atoms with Gasteiger partial charge in [-0.2, -0.15) is 5.10 Å². The van der Waals surface area contributed by atoms with Gasteiger partial charge in [-0.1, -0.05) is 25.4 Å². The fourth-order valence-electron chi connectivity index (χ4n) is 1.71. The Morgan fingerprint density at radius 2 is 2.19 bits per heavy atom. The van der Waals surface area contributed by atoms with E-state index in [0.717, 1.165) is 11.1 Å². The van der Waals surface area contributed by atoms with E-state index in [2.05, 4.69) is 10.1 Å². The van der Waals surface area contributed by atoms with E-state index in [4.69, 9.17) is 11.6 Å². The first-order valence-corrected chi connectivity index (χ1v) is 5.40. The largest absolute Gasteiger partial charge is 0.298 e. The number of aromatic nitrogens is 3. The van der Waals surface area contributed by atoms with Crippen LogP contribution in [0.25, 0.3) is 11.0 Å². The summed E-state index contributed by atoms with van der Waals surface area (Å²) in [6, 6.07) is 0. The molecule has 16 heavy (non-hydrogen) atoms. The van der Waals surface area contributed by atoms with Crippen LogP contribution in [0.15, 0.2) is 6.20 Å². The summed E-state index contributed by atoms with van der Waals surface area (Å²) in [5, 5.41) is 5.60. The average molecular weight is 238 g/mol. The van der Waals surface area contributed by atoms with Gasteiger partial charge < -0.3 is 0 Å². The van der Waals surface area contributed by atoms with Crippen LogP contribution in [0.5, 0.6) is 0 Å². The molecule has 2 rings (SSSR count). The average Bonchev–Trinajstić information content (AvgIpc) is 2.58. The van der Waals surface area contributed by atoms with Crippen LogP contribution in [-0.4, -0.2) is 21.1 Å². The number of nitrogens with zero attached hydrogens (tertiary/aromatic N) is 3. The minimum absolute atomic E-state index is 0.241. The Morgan fingerprint density at radius 1 is 1.50 bits per heavy atom. The summed E-state index contributed by atoms with van der Waals surface area (Å²) in [6.45, 7) is 4.07. The zero-order valence-corrected chi connectivity index (χ0v) is 10.1. The zero-order valence-electron chi connectivity index (χ0n) is 9.36. The zero-order chi connectivity index (χ0) is 11.9. The molecule has 0 unspecified atom stereocenters. The molecule has 2 heterocycles. The predicted molar refractivity (Wildman–Crippen MR) is 63.0 cm³/mol. The Labute approximate surface area is 98.2 Å². The SMILES string of the molecule is CC(C)c1nn(C)c2ncc(C=O)c(Cl)c12. The van der Waals surface area contributed by atoms with Crippen molar-refractivity contribution >= 4 is 28.9 Å². The summed E-state index contributed by atoms with van der Waals surface area (Å²) in [5.41, 5.74) is 1.99. The minimum Gasteiger partial charge on any atom is -0.298 e. The van der Waals surface area contributed by atoms with E-state index >= 15 is 0 Å². The number of rotatable bonds is 2. The molecule has 2 aromatic rings. The molecule has 0 N–H and O–H groups in total. The second-order valence-electron chi connectivity index (χ2n) is 4.01. The Morgan fingerprint density at radius 3 is 2.75 bits per heavy atom. The lowest BCUT2D eigenvalue weighted by Crippen LogP contribution is -1.93. The highest BCUT2D eigenvalue weighted by Crippen LogP contribution is 2.31. The third-order valence-corrected chi connectivity index (χ3v) is 2.92. The van der Waals surface area contributed by atoms with Crippen molar-refractivity contribution < 1.29 is 4.79 Å². The number of aryl methyl sites for hydroxylation is 1. The molecule has 4 nitrogen and oxygen atoms in total. The molecule has 0 radical (unpaired) electrons. The number of carbonyl (C=O) groups excluding carboxylic acids is 1. The van der Waals surface area contributed by atoms with Gasteiger partial charge in [-0.25, -0.2) is 4.98 Å². The quantitative estimate of drug-likeness (QED) is 0.755. The highest BCUT2D eigenvalue weighted by Gasteiger charge is 2.17. The van der Waals surface area contributed by atoms with Gasteiger partial charge in [0.2, 0.25) is 0 Å². The second-order valence-corrected chi connectivity index (χ2v) is 4.39. The normalized spacial score (nSPS) is 11.3. The van der Waals surface area contributed by atoms with Crippen LogP contribution in [-0.2, 0) is 7.05 Å². The predicted octanol–water partition coefficient (Wildman–Crippen LogP) is 2.56. The molecule has 0 aliphatic carbocycles. The van der Waals surface area contributed by atoms with Crippen molar-refractivity contribution in [2.75, 3.05) is 0 Å². The monoisotopic (exact) mass is 237 g/mol. The van der Waals surface area contributed by atoms with Gasteiger partial charge in [-0.3, -0.25) is 9.48 Å². The summed E-state index contributed by atoms with van der Waals surface area (Å²) in [4.78, 5) is 15.0. The van der Waals surface area contributed by atoms with Gasteiger partial charge in [0.05, 0.1) is 21.7 Å². The molecule has 0 saturated carbocycles. The Balaban J connectivity index is 2.89. The molecule has 0 spiro atoms. The van der Waals surface area contributed by atoms with Crippen LogP contribution in [0.2, 0.25) is 5.02 Å². The number of pyridine rings is 1. The number of hydrogen-bond donors (Lipinski definition) is 0. The Bertz CT molecular complexity index is 560. The lowest BCUT2D eigenvalue weighted by atomic mass is 10.1. The maximum Gasteiger partial charge on any atom is 0.159 e. The van der Waals surface area contributed by atoms with E-state index in [0.29, 0.717) is 22.5 Å². The molecular weight excluding hydrogens is 226 g/mol. The van der Waals surface area contributed by atoms with Crippen molar-refractivity contribution in [2.24, 2.45) is 7.05 Å². The van der Waals surface area contributed by atoms with Gasteiger partial charge in [0.15, 0.2) is 11.9 Å². The van der Waals surface area contributed by atoms with E-state index in [1.54, 1.807) is 4.68 Å². The lowest BCUT2D eigenvalue weighted by Gasteiger charge is -2.02. The van der Waals surface area contributed by atoms with Crippen molar-refractivity contribution in [2.45, 2.75) is 19.8 Å². The molecule has 0 fully saturated rings. The molecule has 0 bridgehead atoms. The van der Waals surface area contributed by atoms with Crippen LogP contribution < -0.4 is 0 Å². The first-order chi connectivity index (χ1) is 7.56. The molecule has 84 valence electrons. The third kappa shape index (κ3) is 1.50. The van der Waals surface area contributed by atoms with Crippen molar-refractivity contribution in [1.82, 2.24) is 14.8 Å². The molecule has 0 aromatic carbocycles. The third-order valence-electron chi connectivity index (χ3n) is 2.52. The number of hydrogen-bond acceptors (Lipinski definition) is 3. The summed E-state index contributed by atoms with van der Waals surface area (Å²) in [5.74, 6) is 0.241. The van der Waals surface area contributed by atoms with E-state index < -0.39 is 0 Å². The van der Waals surface area contributed by atoms with Crippen LogP contribution in [0.3, 0.4) is 0 Å². The number of aldehydes is 1. The summed E-state index contributed by atoms with van der Waals surface area (Å²) in [6.07, 6.45) is 2.19. The number of fused-ring (bicyclic) bond motifs is 1. The Kier molecular flexibility index (Phi) is 2.68. The molecule has 0 saturated heterocycles. The first kappa shape index (κ1) is 11.1. The van der Waals surface area contributed by atoms with Gasteiger partial charge in [0, 0.05) is 13.2 Å². The highest BCUT2D eigenvalue weighted by atomic mass is 35.5. The number of carbonyl (C=O) groups is 1. The Hall–Kier alpha value is -1.42. The highest BCUT2D eigenvalue weighted by molar-refractivity contribution is 6.37. The van der Waals surface area contributed by atoms with Crippen molar-refractivity contribution in [3.63, 3.8) is 0 Å². The van der Waals surface area contributed by atoms with Gasteiger partial charge in [0.25, 0.3) is 0 Å². The van der Waals surface area contributed by atoms with E-state index in [1.165, 1.54) is 6.20 Å². The van der Waals surface area contributed by atoms with Crippen molar-refractivity contribution in [3.8, 4) is 0 Å². The van der Waals surface area contributed by atoms with E-state index in [-0.39, 0.29) is 5.92 Å². The molecule has 2 aromatic heterocycles. The topological polar surface area (TPSA) is 47.8 Å². The summed E-state index contributed by atoms with van der Waals surface area (Å²) >= 11 is 6.18. The lowest BCUT2D eigenvalue weighted by molar-refractivity contribution is 0.112. The van der Waals surface area contributed by atoms with E-state index in [1.807, 2.05) is 20.9 Å². The number of halogens is 1. The fourth-order valence-corrected chi connectivity index (χ4v) is 1.99. The standard InChI is InChI=1S/C11H12ClN3O/c1-6(2)10-8-9(12)7(5-16)4-13-11(8)15(3)14-10/h4-6H,1-3H3. The fraction of sp³-hybridized carbons (Fsp3) is 0.364. The van der Waals surface area contributed by atoms with Crippen LogP contribution in [0.4, 0.5) is 0 Å². The van der Waals surface area contributed by atoms with Crippen molar-refractivity contribution in [3.05, 3.63) is 22.5 Å². The van der Waals surface area contributed by atoms with E-state index in [9.17, 15) is 4.79 Å². The summed E-state index contributed by atoms with van der Waals surface area (Å²) in [7, 11) is 1.82. The van der Waals surface area contributed by atoms with Gasteiger partial charge in [-0.05, 0) is 5.92 Å². The van der Waals surface area contributed by atoms with Crippen LogP contribution >= 0.6 is 11.6 Å². The maximum atomic E-state index is 10.8. The van der Waals surface area contributed by atoms with Gasteiger partial charge in [0.1, 0.15) is 0 Å². The molecule has 5 heteroatoms. The maximum absolute atomic E-state index is 10.8. The molecule has 0 aliphatic rings. The molecule has 0 amide bonds. The molecular formula is C11H12ClN3O. The minimum atomic E-state index is 0.241. The second kappa shape index (κ2) is 3.87. The molecule has 0 aliphatic heterocycles. The first-order valence-electron chi connectivity index (χ1n) is 5.02. The van der Waals surface area contributed by atoms with Crippen LogP contribution in [0, 0.1) is 0 Å².